The molecular weight excluding hydrogens is 320 g/mol. The molecule has 0 bridgehead atoms. The molecule has 0 radical (unpaired) electrons. The molecule has 0 unspecified atom stereocenters. The summed E-state index contributed by atoms with van der Waals surface area (Å²) in [6, 6.07) is 5.81. The Bertz CT molecular complexity index is 682. The van der Waals surface area contributed by atoms with Gasteiger partial charge in [0, 0.05) is 11.6 Å². The number of ether oxygens (including phenoxy) is 2. The molecular formula is C15H16N2O7. The average molecular weight is 336 g/mol. The van der Waals surface area contributed by atoms with Gasteiger partial charge in [-0.1, -0.05) is 25.1 Å². The minimum absolute atomic E-state index is 0.0798. The highest BCUT2D eigenvalue weighted by Crippen LogP contribution is 2.19. The van der Waals surface area contributed by atoms with Crippen molar-refractivity contribution in [1.82, 2.24) is 0 Å². The molecule has 2 N–H and O–H groups in total. The molecule has 0 saturated carbocycles. The molecule has 0 aliphatic rings. The fraction of sp³-hybridized carbons (Fsp3) is 0.267. The van der Waals surface area contributed by atoms with E-state index in [0.717, 1.165) is 0 Å². The smallest absolute Gasteiger partial charge is 0.412 e. The Morgan fingerprint density at radius 2 is 1.96 bits per heavy atom. The van der Waals surface area contributed by atoms with Crippen molar-refractivity contribution in [2.75, 3.05) is 0 Å². The van der Waals surface area contributed by atoms with E-state index in [9.17, 15) is 24.5 Å². The van der Waals surface area contributed by atoms with Crippen molar-refractivity contribution in [1.29, 1.82) is 0 Å². The molecule has 0 atom stereocenters. The molecule has 24 heavy (non-hydrogen) atoms. The molecule has 0 heterocycles. The number of para-hydroxylation sites is 1. The Morgan fingerprint density at radius 1 is 1.29 bits per heavy atom. The van der Waals surface area contributed by atoms with E-state index in [1.165, 1.54) is 24.3 Å². The van der Waals surface area contributed by atoms with Gasteiger partial charge < -0.3 is 15.2 Å². The van der Waals surface area contributed by atoms with Crippen LogP contribution in [-0.4, -0.2) is 23.0 Å². The minimum Gasteiger partial charge on any atom is -0.460 e. The average Bonchev–Trinajstić information content (AvgIpc) is 2.52. The summed E-state index contributed by atoms with van der Waals surface area (Å²) in [5.41, 5.74) is 4.71. The van der Waals surface area contributed by atoms with Gasteiger partial charge in [0.25, 0.3) is 5.69 Å². The van der Waals surface area contributed by atoms with Crippen molar-refractivity contribution in [3.05, 3.63) is 51.6 Å². The monoisotopic (exact) mass is 336 g/mol. The maximum Gasteiger partial charge on any atom is 0.412 e. The highest BCUT2D eigenvalue weighted by atomic mass is 16.6. The number of allylic oxidation sites excluding steroid dienone is 1. The third kappa shape index (κ3) is 5.87. The van der Waals surface area contributed by atoms with Gasteiger partial charge in [-0.15, -0.1) is 0 Å². The van der Waals surface area contributed by atoms with Crippen LogP contribution in [0.15, 0.2) is 35.9 Å². The summed E-state index contributed by atoms with van der Waals surface area (Å²) in [4.78, 5) is 44.3. The lowest BCUT2D eigenvalue weighted by Crippen LogP contribution is -2.21. The second-order valence-corrected chi connectivity index (χ2v) is 4.57. The van der Waals surface area contributed by atoms with Crippen LogP contribution in [0.2, 0.25) is 0 Å². The lowest BCUT2D eigenvalue weighted by molar-refractivity contribution is -0.385. The first kappa shape index (κ1) is 18.8. The molecule has 1 aromatic carbocycles. The van der Waals surface area contributed by atoms with Crippen LogP contribution in [0.5, 0.6) is 0 Å². The van der Waals surface area contributed by atoms with Crippen LogP contribution in [0.4, 0.5) is 10.5 Å². The second-order valence-electron chi connectivity index (χ2n) is 4.57. The zero-order valence-corrected chi connectivity index (χ0v) is 12.9. The van der Waals surface area contributed by atoms with E-state index >= 15 is 0 Å². The maximum absolute atomic E-state index is 11.8. The van der Waals surface area contributed by atoms with Gasteiger partial charge in [-0.3, -0.25) is 14.9 Å². The van der Waals surface area contributed by atoms with Crippen LogP contribution < -0.4 is 5.73 Å². The van der Waals surface area contributed by atoms with Gasteiger partial charge in [0.2, 0.25) is 0 Å². The zero-order valence-electron chi connectivity index (χ0n) is 12.9. The number of nitrogens with two attached hydrogens (primary N) is 1. The quantitative estimate of drug-likeness (QED) is 0.264. The van der Waals surface area contributed by atoms with E-state index in [1.807, 2.05) is 0 Å². The van der Waals surface area contributed by atoms with E-state index in [4.69, 9.17) is 10.5 Å². The lowest BCUT2D eigenvalue weighted by atomic mass is 10.1. The first-order valence-electron chi connectivity index (χ1n) is 6.93. The number of esters is 2. The highest BCUT2D eigenvalue weighted by Gasteiger charge is 2.19. The van der Waals surface area contributed by atoms with E-state index in [2.05, 4.69) is 4.74 Å². The Labute approximate surface area is 137 Å². The van der Waals surface area contributed by atoms with Crippen LogP contribution in [0.25, 0.3) is 0 Å². The number of rotatable bonds is 7. The van der Waals surface area contributed by atoms with Crippen molar-refractivity contribution < 1.29 is 28.8 Å². The van der Waals surface area contributed by atoms with E-state index in [-0.39, 0.29) is 23.4 Å². The predicted molar refractivity (Wildman–Crippen MR) is 81.6 cm³/mol. The predicted octanol–water partition coefficient (Wildman–Crippen LogP) is 1.99. The summed E-state index contributed by atoms with van der Waals surface area (Å²) in [6.07, 6.45) is 0.0916. The highest BCUT2D eigenvalue weighted by molar-refractivity contribution is 5.98. The molecule has 1 aromatic rings. The number of hydrogen-bond acceptors (Lipinski definition) is 7. The van der Waals surface area contributed by atoms with E-state index in [1.54, 1.807) is 13.0 Å². The number of nitro groups is 1. The molecule has 128 valence electrons. The summed E-state index contributed by atoms with van der Waals surface area (Å²) in [6.45, 7) is 1.40. The van der Waals surface area contributed by atoms with Gasteiger partial charge in [0.05, 0.1) is 16.9 Å². The zero-order chi connectivity index (χ0) is 18.1. The fourth-order valence-electron chi connectivity index (χ4n) is 1.81. The standard InChI is InChI=1S/C15H16N2O7/c1-2-5-10(14(19)24-15(16)20)8-13(18)23-9-11-6-3-4-7-12(11)17(21)22/h3-7H,2,8-9H2,1H3,(H2,16,20). The number of nitro benzene ring substituents is 1. The summed E-state index contributed by atoms with van der Waals surface area (Å²) in [5, 5.41) is 10.9. The summed E-state index contributed by atoms with van der Waals surface area (Å²) in [7, 11) is 0. The molecule has 0 aliphatic carbocycles. The number of hydrogen-bond donors (Lipinski definition) is 1. The molecule has 0 aliphatic heterocycles. The van der Waals surface area contributed by atoms with Gasteiger partial charge in [-0.25, -0.2) is 9.59 Å². The topological polar surface area (TPSA) is 139 Å². The SMILES string of the molecule is CCC=C(CC(=O)OCc1ccccc1[N+](=O)[O-])C(=O)OC(N)=O. The first-order chi connectivity index (χ1) is 11.3. The Balaban J connectivity index is 2.71. The molecule has 0 saturated heterocycles. The number of benzene rings is 1. The maximum atomic E-state index is 11.8. The van der Waals surface area contributed by atoms with Crippen molar-refractivity contribution in [3.8, 4) is 0 Å². The van der Waals surface area contributed by atoms with Crippen molar-refractivity contribution in [2.45, 2.75) is 26.4 Å². The third-order valence-electron chi connectivity index (χ3n) is 2.82. The van der Waals surface area contributed by atoms with Crippen molar-refractivity contribution in [2.24, 2.45) is 5.73 Å². The normalized spacial score (nSPS) is 10.8. The van der Waals surface area contributed by atoms with Crippen molar-refractivity contribution >= 4 is 23.7 Å². The minimum atomic E-state index is -1.28. The summed E-state index contributed by atoms with van der Waals surface area (Å²) in [5.74, 6) is -1.83. The Hall–Kier alpha value is -3.23. The van der Waals surface area contributed by atoms with Crippen molar-refractivity contribution in [3.63, 3.8) is 0 Å². The largest absolute Gasteiger partial charge is 0.460 e. The van der Waals surface area contributed by atoms with Crippen LogP contribution in [0, 0.1) is 10.1 Å². The molecule has 1 amide bonds. The number of amides is 1. The van der Waals surface area contributed by atoms with Gasteiger partial charge in [0.1, 0.15) is 6.61 Å². The van der Waals surface area contributed by atoms with Crippen LogP contribution in [-0.2, 0) is 25.7 Å². The lowest BCUT2D eigenvalue weighted by Gasteiger charge is -2.07. The Morgan fingerprint density at radius 3 is 2.54 bits per heavy atom. The number of primary amides is 1. The van der Waals surface area contributed by atoms with Gasteiger partial charge >= 0.3 is 18.0 Å². The molecule has 0 spiro atoms. The van der Waals surface area contributed by atoms with E-state index < -0.39 is 29.4 Å². The number of nitrogens with zero attached hydrogens (tertiary/aromatic N) is 1. The van der Waals surface area contributed by atoms with Crippen LogP contribution in [0.3, 0.4) is 0 Å². The van der Waals surface area contributed by atoms with Gasteiger partial charge in [-0.2, -0.15) is 0 Å². The van der Waals surface area contributed by atoms with E-state index in [0.29, 0.717) is 6.42 Å². The number of carbonyl (C=O) groups is 3. The first-order valence-corrected chi connectivity index (χ1v) is 6.93. The van der Waals surface area contributed by atoms with Gasteiger partial charge in [0.15, 0.2) is 0 Å². The summed E-state index contributed by atoms with van der Waals surface area (Å²) >= 11 is 0. The van der Waals surface area contributed by atoms with Crippen LogP contribution in [0.1, 0.15) is 25.3 Å². The molecule has 9 heteroatoms. The molecule has 1 rings (SSSR count). The molecule has 0 aromatic heterocycles. The second kappa shape index (κ2) is 9.03. The Kier molecular flexibility index (Phi) is 7.08. The van der Waals surface area contributed by atoms with Gasteiger partial charge in [-0.05, 0) is 12.5 Å². The molecule has 0 fully saturated rings. The fourth-order valence-corrected chi connectivity index (χ4v) is 1.81. The third-order valence-corrected chi connectivity index (χ3v) is 2.82. The summed E-state index contributed by atoms with van der Waals surface area (Å²) < 4.78 is 9.16. The van der Waals surface area contributed by atoms with Crippen LogP contribution >= 0.6 is 0 Å². The number of carbonyl (C=O) groups excluding carboxylic acids is 3. The molecule has 9 nitrogen and oxygen atoms in total.